The summed E-state index contributed by atoms with van der Waals surface area (Å²) < 4.78 is 13.8. The van der Waals surface area contributed by atoms with Gasteiger partial charge in [-0.3, -0.25) is 14.4 Å². The number of nitrogens with zero attached hydrogens (tertiary/aromatic N) is 1. The van der Waals surface area contributed by atoms with E-state index in [0.29, 0.717) is 19.5 Å². The highest BCUT2D eigenvalue weighted by molar-refractivity contribution is 5.97. The van der Waals surface area contributed by atoms with Gasteiger partial charge in [-0.2, -0.15) is 0 Å². The fourth-order valence-corrected chi connectivity index (χ4v) is 3.40. The Hall–Kier alpha value is -2.44. The molecule has 1 aliphatic rings. The summed E-state index contributed by atoms with van der Waals surface area (Å²) in [5.74, 6) is -2.29. The van der Waals surface area contributed by atoms with Gasteiger partial charge in [-0.05, 0) is 43.2 Å². The number of piperidine rings is 1. The maximum atomic E-state index is 13.8. The lowest BCUT2D eigenvalue weighted by Gasteiger charge is -2.36. The summed E-state index contributed by atoms with van der Waals surface area (Å²) in [6, 6.07) is 4.91. The second kappa shape index (κ2) is 9.48. The topological polar surface area (TPSA) is 86.7 Å². The minimum Gasteiger partial charge on any atom is -0.481 e. The van der Waals surface area contributed by atoms with Gasteiger partial charge in [-0.25, -0.2) is 4.39 Å². The second-order valence-corrected chi connectivity index (χ2v) is 7.40. The number of nitrogens with one attached hydrogen (secondary N) is 1. The molecule has 0 spiro atoms. The molecule has 2 atom stereocenters. The summed E-state index contributed by atoms with van der Waals surface area (Å²) in [6.07, 6.45) is 2.32. The van der Waals surface area contributed by atoms with Crippen molar-refractivity contribution in [2.45, 2.75) is 45.6 Å². The number of carboxylic acids is 1. The number of halogens is 1. The van der Waals surface area contributed by atoms with Crippen LogP contribution in [0, 0.1) is 17.7 Å². The minimum atomic E-state index is -0.837. The molecule has 1 heterocycles. The zero-order valence-electron chi connectivity index (χ0n) is 15.8. The molecule has 2 amide bonds. The summed E-state index contributed by atoms with van der Waals surface area (Å²) in [4.78, 5) is 37.9. The minimum absolute atomic E-state index is 0.0876. The second-order valence-electron chi connectivity index (χ2n) is 7.40. The van der Waals surface area contributed by atoms with E-state index in [9.17, 15) is 18.8 Å². The normalized spacial score (nSPS) is 18.2. The van der Waals surface area contributed by atoms with E-state index in [-0.39, 0.29) is 29.7 Å². The molecule has 2 rings (SSSR count). The number of hydrogen-bond donors (Lipinski definition) is 2. The van der Waals surface area contributed by atoms with Crippen LogP contribution in [-0.2, 0) is 9.59 Å². The quantitative estimate of drug-likeness (QED) is 0.764. The molecule has 1 aromatic carbocycles. The molecule has 1 aliphatic heterocycles. The third-order valence-corrected chi connectivity index (χ3v) is 4.93. The van der Waals surface area contributed by atoms with Crippen molar-refractivity contribution in [3.63, 3.8) is 0 Å². The predicted octanol–water partition coefficient (Wildman–Crippen LogP) is 2.68. The number of aliphatic carboxylic acids is 1. The number of amides is 2. The zero-order valence-corrected chi connectivity index (χ0v) is 15.8. The van der Waals surface area contributed by atoms with Crippen LogP contribution in [0.2, 0.25) is 0 Å². The van der Waals surface area contributed by atoms with Crippen molar-refractivity contribution < 1.29 is 23.9 Å². The van der Waals surface area contributed by atoms with Crippen LogP contribution in [0.3, 0.4) is 0 Å². The van der Waals surface area contributed by atoms with Crippen LogP contribution in [0.4, 0.5) is 4.39 Å². The average molecular weight is 378 g/mol. The van der Waals surface area contributed by atoms with Gasteiger partial charge < -0.3 is 15.3 Å². The summed E-state index contributed by atoms with van der Waals surface area (Å²) in [5.41, 5.74) is -0.0890. The maximum Gasteiger partial charge on any atom is 0.303 e. The molecule has 0 radical (unpaired) electrons. The largest absolute Gasteiger partial charge is 0.481 e. The molecular formula is C20H27FN2O4. The Balaban J connectivity index is 2.04. The SMILES string of the molecule is CC(C)C(NC(=O)c1ccccc1F)C(=O)N1CCCC(CCC(=O)O)C1. The molecule has 0 bridgehead atoms. The average Bonchev–Trinajstić information content (AvgIpc) is 2.64. The Kier molecular flexibility index (Phi) is 7.33. The number of rotatable bonds is 7. The highest BCUT2D eigenvalue weighted by Gasteiger charge is 2.32. The molecule has 148 valence electrons. The molecule has 1 fully saturated rings. The van der Waals surface area contributed by atoms with Gasteiger partial charge in [-0.1, -0.05) is 26.0 Å². The van der Waals surface area contributed by atoms with E-state index in [0.717, 1.165) is 12.8 Å². The summed E-state index contributed by atoms with van der Waals surface area (Å²) in [5, 5.41) is 11.5. The molecule has 2 N–H and O–H groups in total. The molecule has 6 nitrogen and oxygen atoms in total. The molecule has 27 heavy (non-hydrogen) atoms. The van der Waals surface area contributed by atoms with Crippen molar-refractivity contribution in [3.8, 4) is 0 Å². The smallest absolute Gasteiger partial charge is 0.303 e. The van der Waals surface area contributed by atoms with Crippen LogP contribution in [0.5, 0.6) is 0 Å². The van der Waals surface area contributed by atoms with Gasteiger partial charge in [0.2, 0.25) is 5.91 Å². The van der Waals surface area contributed by atoms with Gasteiger partial charge in [0.25, 0.3) is 5.91 Å². The van der Waals surface area contributed by atoms with E-state index in [1.165, 1.54) is 18.2 Å². The molecule has 1 saturated heterocycles. The lowest BCUT2D eigenvalue weighted by Crippen LogP contribution is -2.53. The standard InChI is InChI=1S/C20H27FN2O4/c1-13(2)18(22-19(26)15-7-3-4-8-16(15)21)20(27)23-11-5-6-14(12-23)9-10-17(24)25/h3-4,7-8,13-14,18H,5-6,9-12H2,1-2H3,(H,22,26)(H,24,25). The number of carboxylic acid groups (broad SMARTS) is 1. The van der Waals surface area contributed by atoms with Crippen LogP contribution in [0.15, 0.2) is 24.3 Å². The number of carbonyl (C=O) groups excluding carboxylic acids is 2. The lowest BCUT2D eigenvalue weighted by molar-refractivity contribution is -0.137. The van der Waals surface area contributed by atoms with Crippen molar-refractivity contribution in [3.05, 3.63) is 35.6 Å². The molecule has 1 aromatic rings. The van der Waals surface area contributed by atoms with Gasteiger partial charge in [0.1, 0.15) is 11.9 Å². The van der Waals surface area contributed by atoms with E-state index >= 15 is 0 Å². The van der Waals surface area contributed by atoms with Crippen molar-refractivity contribution in [2.24, 2.45) is 11.8 Å². The molecule has 2 unspecified atom stereocenters. The Morgan fingerprint density at radius 2 is 2.00 bits per heavy atom. The Morgan fingerprint density at radius 1 is 1.30 bits per heavy atom. The van der Waals surface area contributed by atoms with Crippen LogP contribution in [-0.4, -0.2) is 46.9 Å². The van der Waals surface area contributed by atoms with E-state index < -0.39 is 23.7 Å². The number of hydrogen-bond acceptors (Lipinski definition) is 3. The zero-order chi connectivity index (χ0) is 20.0. The van der Waals surface area contributed by atoms with Gasteiger partial charge >= 0.3 is 5.97 Å². The highest BCUT2D eigenvalue weighted by atomic mass is 19.1. The summed E-state index contributed by atoms with van der Waals surface area (Å²) in [6.45, 7) is 4.73. The third-order valence-electron chi connectivity index (χ3n) is 4.93. The van der Waals surface area contributed by atoms with Gasteiger partial charge in [0.15, 0.2) is 0 Å². The van der Waals surface area contributed by atoms with Crippen LogP contribution >= 0.6 is 0 Å². The number of benzene rings is 1. The van der Waals surface area contributed by atoms with Crippen molar-refractivity contribution in [2.75, 3.05) is 13.1 Å². The van der Waals surface area contributed by atoms with Gasteiger partial charge in [0, 0.05) is 19.5 Å². The van der Waals surface area contributed by atoms with Crippen LogP contribution < -0.4 is 5.32 Å². The highest BCUT2D eigenvalue weighted by Crippen LogP contribution is 2.22. The summed E-state index contributed by atoms with van der Waals surface area (Å²) in [7, 11) is 0. The first-order valence-electron chi connectivity index (χ1n) is 9.35. The van der Waals surface area contributed by atoms with Crippen LogP contribution in [0.1, 0.15) is 49.9 Å². The van der Waals surface area contributed by atoms with Crippen LogP contribution in [0.25, 0.3) is 0 Å². The fraction of sp³-hybridized carbons (Fsp3) is 0.550. The molecule has 0 aliphatic carbocycles. The van der Waals surface area contributed by atoms with Gasteiger partial charge in [-0.15, -0.1) is 0 Å². The van der Waals surface area contributed by atoms with Crippen molar-refractivity contribution in [1.29, 1.82) is 0 Å². The Labute approximate surface area is 158 Å². The molecular weight excluding hydrogens is 351 g/mol. The van der Waals surface area contributed by atoms with E-state index in [4.69, 9.17) is 5.11 Å². The Bertz CT molecular complexity index is 692. The summed E-state index contributed by atoms with van der Waals surface area (Å²) >= 11 is 0. The number of carbonyl (C=O) groups is 3. The first kappa shape index (κ1) is 20.9. The van der Waals surface area contributed by atoms with Gasteiger partial charge in [0.05, 0.1) is 5.56 Å². The third kappa shape index (κ3) is 5.77. The molecule has 0 saturated carbocycles. The molecule has 7 heteroatoms. The predicted molar refractivity (Wildman–Crippen MR) is 98.7 cm³/mol. The first-order valence-corrected chi connectivity index (χ1v) is 9.35. The first-order chi connectivity index (χ1) is 12.8. The fourth-order valence-electron chi connectivity index (χ4n) is 3.40. The van der Waals surface area contributed by atoms with Crippen molar-refractivity contribution >= 4 is 17.8 Å². The van der Waals surface area contributed by atoms with E-state index in [1.807, 2.05) is 13.8 Å². The van der Waals surface area contributed by atoms with Crippen molar-refractivity contribution in [1.82, 2.24) is 10.2 Å². The monoisotopic (exact) mass is 378 g/mol. The van der Waals surface area contributed by atoms with E-state index in [1.54, 1.807) is 11.0 Å². The number of likely N-dealkylation sites (tertiary alicyclic amines) is 1. The Morgan fingerprint density at radius 3 is 2.63 bits per heavy atom. The maximum absolute atomic E-state index is 13.8. The lowest BCUT2D eigenvalue weighted by atomic mass is 9.92. The molecule has 0 aromatic heterocycles. The van der Waals surface area contributed by atoms with E-state index in [2.05, 4.69) is 5.32 Å².